The molecule has 0 aliphatic carbocycles. The molecule has 0 saturated carbocycles. The van der Waals surface area contributed by atoms with Gasteiger partial charge in [-0.3, -0.25) is 4.79 Å². The molecule has 0 aromatic heterocycles. The molecule has 156 valence electrons. The summed E-state index contributed by atoms with van der Waals surface area (Å²) in [4.78, 5) is 15.8. The molecule has 0 aliphatic rings. The monoisotopic (exact) mass is 485 g/mol. The Morgan fingerprint density at radius 3 is 1.93 bits per heavy atom. The highest BCUT2D eigenvalue weighted by atomic mass is 79.9. The van der Waals surface area contributed by atoms with Crippen LogP contribution in [0.1, 0.15) is 27.2 Å². The Bertz CT molecular complexity index is 915. The van der Waals surface area contributed by atoms with E-state index in [9.17, 15) is 4.79 Å². The van der Waals surface area contributed by atoms with Crippen molar-refractivity contribution in [1.29, 1.82) is 0 Å². The number of hydrogen-bond donors (Lipinski definition) is 0. The van der Waals surface area contributed by atoms with E-state index in [1.54, 1.807) is 13.8 Å². The second kappa shape index (κ2) is 10.2. The topological polar surface area (TPSA) is 35.5 Å². The number of carbonyl (C=O) groups excluding carboxylic acids is 1. The third-order valence-electron chi connectivity index (χ3n) is 4.32. The van der Waals surface area contributed by atoms with Crippen LogP contribution in [0.5, 0.6) is 5.75 Å². The smallest absolute Gasteiger partial charge is 0.325 e. The molecule has 5 heteroatoms. The molecule has 1 unspecified atom stereocenters. The summed E-state index contributed by atoms with van der Waals surface area (Å²) in [5.41, 5.74) is 0. The van der Waals surface area contributed by atoms with E-state index in [0.717, 1.165) is 4.90 Å². The summed E-state index contributed by atoms with van der Waals surface area (Å²) in [6.45, 7) is 5.45. The van der Waals surface area contributed by atoms with Crippen molar-refractivity contribution in [3.63, 3.8) is 0 Å². The van der Waals surface area contributed by atoms with Crippen molar-refractivity contribution in [3.8, 4) is 5.75 Å². The van der Waals surface area contributed by atoms with E-state index in [-0.39, 0.29) is 16.9 Å². The Balaban J connectivity index is 1.89. The fourth-order valence-corrected chi connectivity index (χ4v) is 5.02. The average Bonchev–Trinajstić information content (AvgIpc) is 2.74. The summed E-state index contributed by atoms with van der Waals surface area (Å²) in [6, 6.07) is 29.0. The van der Waals surface area contributed by atoms with Crippen LogP contribution in [0.3, 0.4) is 0 Å². The molecule has 3 aromatic carbocycles. The van der Waals surface area contributed by atoms with Crippen molar-refractivity contribution in [2.45, 2.75) is 52.5 Å². The van der Waals surface area contributed by atoms with Crippen molar-refractivity contribution in [1.82, 2.24) is 0 Å². The lowest BCUT2D eigenvalue weighted by Crippen LogP contribution is -2.33. The number of rotatable bonds is 8. The Hall–Kier alpha value is -2.24. The molecular formula is C25H26BrO3S+. The third kappa shape index (κ3) is 5.89. The highest BCUT2D eigenvalue weighted by Gasteiger charge is 2.30. The molecule has 0 N–H and O–H groups in total. The second-order valence-corrected chi connectivity index (χ2v) is 11.2. The first kappa shape index (κ1) is 22.4. The van der Waals surface area contributed by atoms with Crippen LogP contribution in [0, 0.1) is 0 Å². The van der Waals surface area contributed by atoms with Crippen molar-refractivity contribution in [2.75, 3.05) is 0 Å². The van der Waals surface area contributed by atoms with Gasteiger partial charge in [0.1, 0.15) is 10.1 Å². The maximum Gasteiger partial charge on any atom is 0.325 e. The Kier molecular flexibility index (Phi) is 7.62. The molecule has 0 fully saturated rings. The van der Waals surface area contributed by atoms with Gasteiger partial charge in [0, 0.05) is 12.5 Å². The maximum absolute atomic E-state index is 12.2. The molecule has 30 heavy (non-hydrogen) atoms. The lowest BCUT2D eigenvalue weighted by Gasteiger charge is -2.22. The van der Waals surface area contributed by atoms with E-state index in [1.807, 2.05) is 37.3 Å². The van der Waals surface area contributed by atoms with Gasteiger partial charge in [-0.15, -0.1) is 0 Å². The summed E-state index contributed by atoms with van der Waals surface area (Å²) < 4.78 is 10.8. The van der Waals surface area contributed by atoms with Gasteiger partial charge >= 0.3 is 5.97 Å². The quantitative estimate of drug-likeness (QED) is 0.156. The van der Waals surface area contributed by atoms with Gasteiger partial charge in [-0.2, -0.15) is 0 Å². The van der Waals surface area contributed by atoms with Gasteiger partial charge in [0.15, 0.2) is 14.7 Å². The first-order valence-corrected chi connectivity index (χ1v) is 11.9. The van der Waals surface area contributed by atoms with Gasteiger partial charge in [-0.05, 0) is 50.2 Å². The molecule has 3 rings (SSSR count). The number of ether oxygens (including phenoxy) is 2. The minimum Gasteiger partial charge on any atom is -0.455 e. The molecule has 0 aliphatic heterocycles. The molecular weight excluding hydrogens is 460 g/mol. The van der Waals surface area contributed by atoms with E-state index in [4.69, 9.17) is 9.47 Å². The first-order valence-electron chi connectivity index (χ1n) is 9.89. The molecule has 0 heterocycles. The van der Waals surface area contributed by atoms with Crippen molar-refractivity contribution in [2.24, 2.45) is 0 Å². The van der Waals surface area contributed by atoms with Crippen LogP contribution in [-0.4, -0.2) is 16.6 Å². The average molecular weight is 486 g/mol. The number of carbonyl (C=O) groups is 1. The predicted octanol–water partition coefficient (Wildman–Crippen LogP) is 6.61. The minimum atomic E-state index is -0.751. The number of esters is 1. The minimum absolute atomic E-state index is 0.262. The van der Waals surface area contributed by atoms with Gasteiger partial charge in [0.05, 0.1) is 10.9 Å². The first-order chi connectivity index (χ1) is 14.4. The molecule has 3 aromatic rings. The summed E-state index contributed by atoms with van der Waals surface area (Å²) >= 11 is 3.34. The van der Waals surface area contributed by atoms with Crippen LogP contribution in [0.25, 0.3) is 0 Å². The van der Waals surface area contributed by atoms with Gasteiger partial charge in [0.25, 0.3) is 0 Å². The molecule has 0 spiro atoms. The zero-order valence-electron chi connectivity index (χ0n) is 17.4. The fourth-order valence-electron chi connectivity index (χ4n) is 2.80. The largest absolute Gasteiger partial charge is 0.455 e. The Morgan fingerprint density at radius 2 is 1.43 bits per heavy atom. The van der Waals surface area contributed by atoms with Crippen LogP contribution < -0.4 is 4.74 Å². The van der Waals surface area contributed by atoms with E-state index in [1.165, 1.54) is 9.79 Å². The molecule has 0 bridgehead atoms. The Labute approximate surface area is 189 Å². The van der Waals surface area contributed by atoms with E-state index < -0.39 is 10.6 Å². The zero-order chi connectivity index (χ0) is 21.6. The number of alkyl halides is 1. The van der Waals surface area contributed by atoms with Gasteiger partial charge in [-0.25, -0.2) is 0 Å². The van der Waals surface area contributed by atoms with Crippen LogP contribution in [-0.2, 0) is 20.4 Å². The van der Waals surface area contributed by atoms with Crippen LogP contribution in [0.15, 0.2) is 99.6 Å². The van der Waals surface area contributed by atoms with Crippen molar-refractivity contribution in [3.05, 3.63) is 84.9 Å². The van der Waals surface area contributed by atoms with Gasteiger partial charge in [-0.1, -0.05) is 65.3 Å². The van der Waals surface area contributed by atoms with E-state index in [0.29, 0.717) is 12.2 Å². The lowest BCUT2D eigenvalue weighted by atomic mass is 10.2. The third-order valence-corrected chi connectivity index (χ3v) is 6.86. The second-order valence-electron chi connectivity index (χ2n) is 7.24. The Morgan fingerprint density at radius 1 is 0.900 bits per heavy atom. The van der Waals surface area contributed by atoms with E-state index in [2.05, 4.69) is 70.5 Å². The SMILES string of the molecule is CCC(OC(=O)C(C)(C)Br)Oc1cccc([S+](c2ccccc2)c2ccccc2)c1. The molecule has 3 nitrogen and oxygen atoms in total. The number of halogens is 1. The lowest BCUT2D eigenvalue weighted by molar-refractivity contribution is -0.165. The summed E-state index contributed by atoms with van der Waals surface area (Å²) in [5, 5.41) is 0. The summed E-state index contributed by atoms with van der Waals surface area (Å²) in [6.07, 6.45) is -0.0814. The number of hydrogen-bond acceptors (Lipinski definition) is 3. The molecule has 0 radical (unpaired) electrons. The fraction of sp³-hybridized carbons (Fsp3) is 0.240. The highest BCUT2D eigenvalue weighted by Crippen LogP contribution is 2.33. The summed E-state index contributed by atoms with van der Waals surface area (Å²) in [7, 11) is -0.262. The maximum atomic E-state index is 12.2. The van der Waals surface area contributed by atoms with E-state index >= 15 is 0 Å². The van der Waals surface area contributed by atoms with Crippen LogP contribution >= 0.6 is 15.9 Å². The van der Waals surface area contributed by atoms with Crippen LogP contribution in [0.4, 0.5) is 0 Å². The van der Waals surface area contributed by atoms with Gasteiger partial charge < -0.3 is 9.47 Å². The zero-order valence-corrected chi connectivity index (χ0v) is 19.8. The van der Waals surface area contributed by atoms with Crippen molar-refractivity contribution < 1.29 is 14.3 Å². The standard InChI is InChI=1S/C25H26BrO3S/c1-4-23(29-24(27)25(2,3)26)28-19-12-11-17-22(18-19)30(20-13-7-5-8-14-20)21-15-9-6-10-16-21/h5-18,23H,4H2,1-3H3/q+1. The molecule has 0 saturated heterocycles. The van der Waals surface area contributed by atoms with Gasteiger partial charge in [0.2, 0.25) is 6.29 Å². The number of benzene rings is 3. The molecule has 0 amide bonds. The predicted molar refractivity (Wildman–Crippen MR) is 125 cm³/mol. The normalized spacial score (nSPS) is 12.4. The van der Waals surface area contributed by atoms with Crippen molar-refractivity contribution >= 4 is 32.8 Å². The summed E-state index contributed by atoms with van der Waals surface area (Å²) in [5.74, 6) is 0.336. The van der Waals surface area contributed by atoms with Crippen LogP contribution in [0.2, 0.25) is 0 Å². The molecule has 1 atom stereocenters. The highest BCUT2D eigenvalue weighted by molar-refractivity contribution is 9.10.